The van der Waals surface area contributed by atoms with Crippen molar-refractivity contribution in [3.05, 3.63) is 33.1 Å². The van der Waals surface area contributed by atoms with E-state index >= 15 is 0 Å². The van der Waals surface area contributed by atoms with E-state index < -0.39 is 41.6 Å². The van der Waals surface area contributed by atoms with Gasteiger partial charge in [-0.1, -0.05) is 20.8 Å². The number of aliphatic carboxylic acids is 1. The average molecular weight is 354 g/mol. The summed E-state index contributed by atoms with van der Waals surface area (Å²) in [7, 11) is 0. The number of rotatable bonds is 7. The number of carbonyl (C=O) groups is 3. The highest BCUT2D eigenvalue weighted by Gasteiger charge is 2.22. The van der Waals surface area contributed by atoms with Gasteiger partial charge in [0.15, 0.2) is 0 Å². The van der Waals surface area contributed by atoms with E-state index in [1.165, 1.54) is 0 Å². The first-order chi connectivity index (χ1) is 11.5. The van der Waals surface area contributed by atoms with Gasteiger partial charge in [-0.05, 0) is 0 Å². The van der Waals surface area contributed by atoms with E-state index in [0.29, 0.717) is 0 Å². The molecule has 1 heterocycles. The molecule has 0 aliphatic heterocycles. The predicted octanol–water partition coefficient (Wildman–Crippen LogP) is -1.39. The molecule has 25 heavy (non-hydrogen) atoms. The highest BCUT2D eigenvalue weighted by molar-refractivity contribution is 5.82. The van der Waals surface area contributed by atoms with E-state index in [1.54, 1.807) is 20.8 Å². The molecule has 0 fully saturated rings. The molecule has 0 radical (unpaired) electrons. The van der Waals surface area contributed by atoms with Crippen LogP contribution >= 0.6 is 0 Å². The summed E-state index contributed by atoms with van der Waals surface area (Å²) in [5.41, 5.74) is -1.97. The molecule has 0 aromatic carbocycles. The minimum Gasteiger partial charge on any atom is -0.480 e. The van der Waals surface area contributed by atoms with E-state index in [2.05, 4.69) is 5.32 Å². The number of carboxylic acid groups (broad SMARTS) is 1. The number of nitrogens with zero attached hydrogens (tertiary/aromatic N) is 2. The Kier molecular flexibility index (Phi) is 6.66. The summed E-state index contributed by atoms with van der Waals surface area (Å²) in [5, 5.41) is 11.6. The van der Waals surface area contributed by atoms with E-state index in [9.17, 15) is 24.0 Å². The van der Waals surface area contributed by atoms with E-state index in [-0.39, 0.29) is 19.0 Å². The fourth-order valence-corrected chi connectivity index (χ4v) is 1.84. The Morgan fingerprint density at radius 2 is 1.92 bits per heavy atom. The Morgan fingerprint density at radius 1 is 1.28 bits per heavy atom. The maximum absolute atomic E-state index is 12.3. The standard InChI is InChI=1S/C15H22N4O6/c1-15(2,3)13(24)16-5-7-18(9-12(22)23)11(21)8-19-6-4-10(20)17-14(19)25/h4,6H,5,7-9H2,1-3H3,(H,16,24)(H,22,23)(H,17,20,25). The summed E-state index contributed by atoms with van der Waals surface area (Å²) < 4.78 is 0.965. The van der Waals surface area contributed by atoms with Gasteiger partial charge in [-0.25, -0.2) is 4.79 Å². The van der Waals surface area contributed by atoms with E-state index in [1.807, 2.05) is 4.98 Å². The second-order valence-corrected chi connectivity index (χ2v) is 6.45. The van der Waals surface area contributed by atoms with Gasteiger partial charge in [0, 0.05) is 30.8 Å². The molecule has 0 aliphatic carbocycles. The molecule has 0 aliphatic rings. The highest BCUT2D eigenvalue weighted by Crippen LogP contribution is 2.11. The Morgan fingerprint density at radius 3 is 2.44 bits per heavy atom. The van der Waals surface area contributed by atoms with Crippen molar-refractivity contribution in [3.8, 4) is 0 Å². The molecule has 0 unspecified atom stereocenters. The molecule has 3 N–H and O–H groups in total. The van der Waals surface area contributed by atoms with Crippen LogP contribution in [0.15, 0.2) is 21.9 Å². The lowest BCUT2D eigenvalue weighted by Gasteiger charge is -2.23. The van der Waals surface area contributed by atoms with E-state index in [4.69, 9.17) is 5.11 Å². The average Bonchev–Trinajstić information content (AvgIpc) is 2.47. The third-order valence-electron chi connectivity index (χ3n) is 3.23. The normalized spacial score (nSPS) is 11.0. The van der Waals surface area contributed by atoms with Crippen LogP contribution in [0, 0.1) is 5.41 Å². The summed E-state index contributed by atoms with van der Waals surface area (Å²) >= 11 is 0. The lowest BCUT2D eigenvalue weighted by atomic mass is 9.96. The second kappa shape index (κ2) is 8.27. The number of nitrogens with one attached hydrogen (secondary N) is 2. The lowest BCUT2D eigenvalue weighted by Crippen LogP contribution is -2.45. The molecule has 1 aromatic heterocycles. The second-order valence-electron chi connectivity index (χ2n) is 6.45. The number of aromatic nitrogens is 2. The van der Waals surface area contributed by atoms with Crippen LogP contribution in [0.5, 0.6) is 0 Å². The van der Waals surface area contributed by atoms with Gasteiger partial charge in [0.1, 0.15) is 13.1 Å². The van der Waals surface area contributed by atoms with Gasteiger partial charge in [-0.15, -0.1) is 0 Å². The zero-order valence-corrected chi connectivity index (χ0v) is 14.4. The van der Waals surface area contributed by atoms with Gasteiger partial charge in [-0.3, -0.25) is 28.7 Å². The summed E-state index contributed by atoms with van der Waals surface area (Å²) in [4.78, 5) is 60.6. The molecular weight excluding hydrogens is 332 g/mol. The van der Waals surface area contributed by atoms with Gasteiger partial charge in [0.05, 0.1) is 0 Å². The maximum atomic E-state index is 12.3. The number of aromatic amines is 1. The lowest BCUT2D eigenvalue weighted by molar-refractivity contribution is -0.144. The first kappa shape index (κ1) is 20.1. The number of carboxylic acids is 1. The summed E-state index contributed by atoms with van der Waals surface area (Å²) in [6.07, 6.45) is 1.15. The molecule has 1 rings (SSSR count). The van der Waals surface area contributed by atoms with Gasteiger partial charge in [0.2, 0.25) is 11.8 Å². The maximum Gasteiger partial charge on any atom is 0.328 e. The first-order valence-electron chi connectivity index (χ1n) is 7.58. The minimum atomic E-state index is -1.22. The zero-order valence-electron chi connectivity index (χ0n) is 14.4. The summed E-state index contributed by atoms with van der Waals surface area (Å²) in [6, 6.07) is 1.08. The molecule has 0 saturated carbocycles. The van der Waals surface area contributed by atoms with Gasteiger partial charge >= 0.3 is 11.7 Å². The minimum absolute atomic E-state index is 0.0228. The van der Waals surface area contributed by atoms with Crippen LogP contribution in [-0.2, 0) is 20.9 Å². The number of H-pyrrole nitrogens is 1. The molecule has 2 amide bonds. The van der Waals surface area contributed by atoms with Crippen LogP contribution in [0.25, 0.3) is 0 Å². The van der Waals surface area contributed by atoms with Crippen molar-refractivity contribution in [3.63, 3.8) is 0 Å². The summed E-state index contributed by atoms with van der Waals surface area (Å²) in [6.45, 7) is 4.25. The zero-order chi connectivity index (χ0) is 19.2. The quantitative estimate of drug-likeness (QED) is 0.550. The van der Waals surface area contributed by atoms with Gasteiger partial charge in [0.25, 0.3) is 5.56 Å². The van der Waals surface area contributed by atoms with Crippen LogP contribution in [0.1, 0.15) is 20.8 Å². The first-order valence-corrected chi connectivity index (χ1v) is 7.58. The highest BCUT2D eigenvalue weighted by atomic mass is 16.4. The number of amides is 2. The Hall–Kier alpha value is -2.91. The Bertz CT molecular complexity index is 758. The molecule has 10 heteroatoms. The van der Waals surface area contributed by atoms with Crippen molar-refractivity contribution in [2.75, 3.05) is 19.6 Å². The van der Waals surface area contributed by atoms with Gasteiger partial charge < -0.3 is 15.3 Å². The number of hydrogen-bond donors (Lipinski definition) is 3. The molecule has 10 nitrogen and oxygen atoms in total. The smallest absolute Gasteiger partial charge is 0.328 e. The van der Waals surface area contributed by atoms with Crippen LogP contribution in [0.3, 0.4) is 0 Å². The molecule has 0 spiro atoms. The summed E-state index contributed by atoms with van der Waals surface area (Å²) in [5.74, 6) is -2.07. The van der Waals surface area contributed by atoms with Crippen molar-refractivity contribution in [1.82, 2.24) is 19.8 Å². The van der Waals surface area contributed by atoms with Crippen LogP contribution < -0.4 is 16.6 Å². The van der Waals surface area contributed by atoms with Crippen molar-refractivity contribution in [2.45, 2.75) is 27.3 Å². The van der Waals surface area contributed by atoms with Crippen LogP contribution in [0.4, 0.5) is 0 Å². The Balaban J connectivity index is 2.75. The largest absolute Gasteiger partial charge is 0.480 e. The molecule has 0 bridgehead atoms. The van der Waals surface area contributed by atoms with Crippen molar-refractivity contribution in [1.29, 1.82) is 0 Å². The monoisotopic (exact) mass is 354 g/mol. The molecular formula is C15H22N4O6. The van der Waals surface area contributed by atoms with Crippen molar-refractivity contribution >= 4 is 17.8 Å². The topological polar surface area (TPSA) is 142 Å². The number of carbonyl (C=O) groups excluding carboxylic acids is 2. The molecule has 0 saturated heterocycles. The fourth-order valence-electron chi connectivity index (χ4n) is 1.84. The van der Waals surface area contributed by atoms with Gasteiger partial charge in [-0.2, -0.15) is 0 Å². The molecule has 1 aromatic rings. The fraction of sp³-hybridized carbons (Fsp3) is 0.533. The van der Waals surface area contributed by atoms with Crippen molar-refractivity contribution in [2.24, 2.45) is 5.41 Å². The van der Waals surface area contributed by atoms with Crippen molar-refractivity contribution < 1.29 is 19.5 Å². The Labute approximate surface area is 143 Å². The molecule has 0 atom stereocenters. The SMILES string of the molecule is CC(C)(C)C(=O)NCCN(CC(=O)O)C(=O)Cn1ccc(=O)[nH]c1=O. The molecule has 138 valence electrons. The van der Waals surface area contributed by atoms with Crippen LogP contribution in [-0.4, -0.2) is 57.0 Å². The predicted molar refractivity (Wildman–Crippen MR) is 88.0 cm³/mol. The third-order valence-corrected chi connectivity index (χ3v) is 3.23. The van der Waals surface area contributed by atoms with E-state index in [0.717, 1.165) is 21.7 Å². The van der Waals surface area contributed by atoms with Crippen LogP contribution in [0.2, 0.25) is 0 Å². The number of hydrogen-bond acceptors (Lipinski definition) is 5. The third kappa shape index (κ3) is 6.61.